The average Bonchev–Trinajstić information content (AvgIpc) is 3.58. The zero-order valence-corrected chi connectivity index (χ0v) is 48.1. The minimum absolute atomic E-state index is 0.0150. The number of hydrogen-bond donors (Lipinski definition) is 5. The van der Waals surface area contributed by atoms with Gasteiger partial charge in [0, 0.05) is 103 Å². The molecule has 4 amide bonds. The Morgan fingerprint density at radius 2 is 1.00 bits per heavy atom. The van der Waals surface area contributed by atoms with Crippen LogP contribution in [-0.2, 0) is 31.9 Å². The standard InChI is InChI=1S/C24H25ClFN5O3.C24H24ClFN4O3.C12H12NO2P/c1-13-10-30(14(2)9-29(13)11-15-3-5-16(26)6-4-15)24(34)18-7-17-19(22(32)23(27)33)12-31(28)21(17)8-20(18)25;1-13-11-30(14(2)10-29(13)12-15-3-5-16(26)6-4-15)24(33)18-7-17-19(22(31)23(27)32)9-28-21(17)8-20(18)25;13-15-16(14,11-7-3-1-4-8-11)12-9-5-2-6-10-12/h3-8,12-14H,9-11,28H2,1-2H3,(H2,27,33);3-9,13-14,28H,10-12H2,1-2H3,(H2,27,32);1-10H,13H2/t2*13-,14+;/m00./s1. The molecule has 18 nitrogen and oxygen atoms in total. The maximum atomic E-state index is 13.5. The lowest BCUT2D eigenvalue weighted by Gasteiger charge is -2.44. The number of benzene rings is 6. The number of ketones is 2. The van der Waals surface area contributed by atoms with E-state index in [9.17, 15) is 42.1 Å². The molecular weight excluding hydrogens is 1130 g/mol. The fourth-order valence-corrected chi connectivity index (χ4v) is 12.4. The second-order valence-electron chi connectivity index (χ2n) is 20.5. The Bertz CT molecular complexity index is 3730. The first-order chi connectivity index (χ1) is 39.5. The SMILES string of the molecule is C[C@@H]1CN(Cc2ccc(F)cc2)[C@@H](C)CN1C(=O)c1cc2c(C(=O)C(N)=O)c[nH]c2cc1Cl.C[C@@H]1CN(Cc2ccc(F)cc2)[C@@H](C)CN1C(=O)c1cc2c(C(=O)C(N)=O)cn(N)c2cc1Cl.NOP(=O)(c1ccccc1)c1ccccc1. The highest BCUT2D eigenvalue weighted by Crippen LogP contribution is 2.42. The van der Waals surface area contributed by atoms with E-state index in [4.69, 9.17) is 51.0 Å². The van der Waals surface area contributed by atoms with Crippen molar-refractivity contribution in [2.24, 2.45) is 17.4 Å². The predicted molar refractivity (Wildman–Crippen MR) is 316 cm³/mol. The third-order valence-electron chi connectivity index (χ3n) is 14.8. The van der Waals surface area contributed by atoms with E-state index in [0.29, 0.717) is 71.7 Å². The number of carbonyl (C=O) groups is 6. The zero-order valence-electron chi connectivity index (χ0n) is 45.7. The van der Waals surface area contributed by atoms with Crippen molar-refractivity contribution < 1.29 is 46.7 Å². The highest BCUT2D eigenvalue weighted by atomic mass is 35.5. The van der Waals surface area contributed by atoms with Crippen molar-refractivity contribution in [3.05, 3.63) is 201 Å². The first kappa shape index (κ1) is 61.0. The molecule has 4 heterocycles. The Morgan fingerprint density at radius 1 is 0.578 bits per heavy atom. The van der Waals surface area contributed by atoms with E-state index in [0.717, 1.165) is 11.1 Å². The molecule has 10 rings (SSSR count). The number of H-pyrrole nitrogens is 1. The maximum absolute atomic E-state index is 13.5. The number of nitrogen functional groups attached to an aromatic ring is 1. The first-order valence-corrected chi connectivity index (χ1v) is 28.6. The van der Waals surface area contributed by atoms with Gasteiger partial charge in [-0.3, -0.25) is 47.8 Å². The molecule has 0 spiro atoms. The second kappa shape index (κ2) is 26.0. The lowest BCUT2D eigenvalue weighted by molar-refractivity contribution is -0.114. The molecule has 23 heteroatoms. The Kier molecular flexibility index (Phi) is 19.1. The van der Waals surface area contributed by atoms with Crippen molar-refractivity contribution in [1.29, 1.82) is 0 Å². The van der Waals surface area contributed by atoms with E-state index < -0.39 is 30.7 Å². The number of carbonyl (C=O) groups excluding carboxylic acids is 6. The quantitative estimate of drug-likeness (QED) is 0.0244. The van der Waals surface area contributed by atoms with Crippen LogP contribution in [0.15, 0.2) is 146 Å². The van der Waals surface area contributed by atoms with Gasteiger partial charge in [-0.15, -0.1) is 0 Å². The molecule has 4 atom stereocenters. The minimum Gasteiger partial charge on any atom is -0.363 e. The topological polar surface area (TPSA) is 266 Å². The van der Waals surface area contributed by atoms with Gasteiger partial charge in [-0.1, -0.05) is 83.9 Å². The molecule has 0 aliphatic carbocycles. The number of primary amides is 2. The van der Waals surface area contributed by atoms with Crippen molar-refractivity contribution in [3.63, 3.8) is 0 Å². The molecule has 0 radical (unpaired) electrons. The molecular formula is C60H61Cl2F2N10O8P. The molecule has 9 N–H and O–H groups in total. The lowest BCUT2D eigenvalue weighted by atomic mass is 10.0. The van der Waals surface area contributed by atoms with E-state index >= 15 is 0 Å². The van der Waals surface area contributed by atoms with Gasteiger partial charge < -0.3 is 32.1 Å². The van der Waals surface area contributed by atoms with Crippen molar-refractivity contribution in [2.75, 3.05) is 32.0 Å². The molecule has 0 unspecified atom stereocenters. The van der Waals surface area contributed by atoms with Crippen LogP contribution >= 0.6 is 30.6 Å². The third-order valence-corrected chi connectivity index (χ3v) is 17.7. The molecule has 2 saturated heterocycles. The molecule has 83 heavy (non-hydrogen) atoms. The highest BCUT2D eigenvalue weighted by molar-refractivity contribution is 7.74. The molecule has 0 bridgehead atoms. The van der Waals surface area contributed by atoms with E-state index in [1.165, 1.54) is 59.5 Å². The van der Waals surface area contributed by atoms with Crippen LogP contribution in [0.1, 0.15) is 80.3 Å². The van der Waals surface area contributed by atoms with E-state index in [1.807, 2.05) is 64.1 Å². The summed E-state index contributed by atoms with van der Waals surface area (Å²) < 4.78 is 45.0. The number of aromatic nitrogens is 2. The largest absolute Gasteiger partial charge is 0.363 e. The number of nitrogens with zero attached hydrogens (tertiary/aromatic N) is 5. The summed E-state index contributed by atoms with van der Waals surface area (Å²) in [5, 5.41) is 2.39. The Labute approximate surface area is 487 Å². The number of amides is 4. The molecule has 8 aromatic rings. The molecule has 0 saturated carbocycles. The van der Waals surface area contributed by atoms with Crippen LogP contribution in [0, 0.1) is 11.6 Å². The van der Waals surface area contributed by atoms with Crippen LogP contribution in [0.2, 0.25) is 10.0 Å². The van der Waals surface area contributed by atoms with Crippen LogP contribution in [-0.4, -0.2) is 115 Å². The predicted octanol–water partition coefficient (Wildman–Crippen LogP) is 7.72. The van der Waals surface area contributed by atoms with Gasteiger partial charge in [0.1, 0.15) is 11.6 Å². The van der Waals surface area contributed by atoms with Gasteiger partial charge >= 0.3 is 0 Å². The summed E-state index contributed by atoms with van der Waals surface area (Å²) in [6.07, 6.45) is 2.68. The van der Waals surface area contributed by atoms with Gasteiger partial charge in [-0.25, -0.2) is 19.3 Å². The summed E-state index contributed by atoms with van der Waals surface area (Å²) in [7, 11) is -3.13. The summed E-state index contributed by atoms with van der Waals surface area (Å²) >= 11 is 12.9. The van der Waals surface area contributed by atoms with Crippen LogP contribution in [0.4, 0.5) is 8.78 Å². The number of piperazine rings is 2. The number of nitrogens with one attached hydrogen (secondary N) is 1. The molecule has 2 aliphatic heterocycles. The highest BCUT2D eigenvalue weighted by Gasteiger charge is 2.36. The molecule has 2 aliphatic rings. The second-order valence-corrected chi connectivity index (χ2v) is 23.7. The number of aromatic amines is 1. The van der Waals surface area contributed by atoms with Crippen molar-refractivity contribution in [2.45, 2.75) is 65.0 Å². The number of fused-ring (bicyclic) bond motifs is 2. The van der Waals surface area contributed by atoms with Crippen molar-refractivity contribution in [3.8, 4) is 0 Å². The fourth-order valence-electron chi connectivity index (χ4n) is 10.3. The van der Waals surface area contributed by atoms with E-state index in [2.05, 4.69) is 14.8 Å². The smallest absolute Gasteiger partial charge is 0.289 e. The normalized spacial score (nSPS) is 17.5. The zero-order chi connectivity index (χ0) is 60.0. The fraction of sp³-hybridized carbons (Fsp3) is 0.233. The van der Waals surface area contributed by atoms with Gasteiger partial charge in [0.2, 0.25) is 0 Å². The van der Waals surface area contributed by atoms with Crippen LogP contribution in [0.5, 0.6) is 0 Å². The third kappa shape index (κ3) is 13.6. The van der Waals surface area contributed by atoms with Gasteiger partial charge in [0.15, 0.2) is 0 Å². The summed E-state index contributed by atoms with van der Waals surface area (Å²) in [5.41, 5.74) is 13.8. The number of hydrogen-bond acceptors (Lipinski definition) is 12. The minimum atomic E-state index is -3.13. The monoisotopic (exact) mass is 1190 g/mol. The number of rotatable bonds is 13. The summed E-state index contributed by atoms with van der Waals surface area (Å²) in [6.45, 7) is 11.5. The van der Waals surface area contributed by atoms with Crippen LogP contribution in [0.25, 0.3) is 21.8 Å². The van der Waals surface area contributed by atoms with E-state index in [1.54, 1.807) is 64.4 Å². The van der Waals surface area contributed by atoms with Crippen molar-refractivity contribution >= 4 is 98.2 Å². The number of Topliss-reactive ketones (excluding diaryl/α,β-unsaturated/α-hetero) is 2. The summed E-state index contributed by atoms with van der Waals surface area (Å²) in [4.78, 5) is 85.0. The van der Waals surface area contributed by atoms with Gasteiger partial charge in [0.25, 0.3) is 42.6 Å². The lowest BCUT2D eigenvalue weighted by Crippen LogP contribution is -2.57. The summed E-state index contributed by atoms with van der Waals surface area (Å²) in [6, 6.07) is 36.7. The maximum Gasteiger partial charge on any atom is 0.289 e. The Morgan fingerprint density at radius 3 is 1.43 bits per heavy atom. The first-order valence-electron chi connectivity index (χ1n) is 26.3. The average molecular weight is 1190 g/mol. The Hall–Kier alpha value is -8.07. The van der Waals surface area contributed by atoms with Crippen LogP contribution in [0.3, 0.4) is 0 Å². The number of halogens is 4. The Balaban J connectivity index is 0.000000173. The van der Waals surface area contributed by atoms with Gasteiger partial charge in [0.05, 0.1) is 37.8 Å². The molecule has 2 fully saturated rings. The van der Waals surface area contributed by atoms with Gasteiger partial charge in [-0.05, 0) is 112 Å². The van der Waals surface area contributed by atoms with Crippen LogP contribution < -0.4 is 33.8 Å². The molecule has 6 aromatic carbocycles. The van der Waals surface area contributed by atoms with Gasteiger partial charge in [-0.2, -0.15) is 0 Å². The molecule has 2 aromatic heterocycles. The number of nitrogens with two attached hydrogens (primary N) is 4. The van der Waals surface area contributed by atoms with E-state index in [-0.39, 0.29) is 79.9 Å². The molecule has 432 valence electrons. The van der Waals surface area contributed by atoms with Crippen molar-refractivity contribution in [1.82, 2.24) is 29.3 Å². The summed E-state index contributed by atoms with van der Waals surface area (Å²) in [5.74, 6) is 6.12.